The summed E-state index contributed by atoms with van der Waals surface area (Å²) in [6.45, 7) is 5.68. The number of benzene rings is 1. The molecule has 4 aromatic heterocycles. The second-order valence-corrected chi connectivity index (χ2v) is 10.1. The van der Waals surface area contributed by atoms with Crippen LogP contribution in [0.1, 0.15) is 6.92 Å². The minimum Gasteiger partial charge on any atom is -0.365 e. The third-order valence-electron chi connectivity index (χ3n) is 7.10. The third kappa shape index (κ3) is 4.44. The molecule has 0 unspecified atom stereocenters. The summed E-state index contributed by atoms with van der Waals surface area (Å²) in [4.78, 5) is 26.1. The van der Waals surface area contributed by atoms with Gasteiger partial charge in [-0.2, -0.15) is 0 Å². The first-order chi connectivity index (χ1) is 18.5. The van der Waals surface area contributed by atoms with Crippen molar-refractivity contribution < 1.29 is 4.79 Å². The van der Waals surface area contributed by atoms with Crippen molar-refractivity contribution in [2.75, 3.05) is 42.9 Å². The molecule has 0 spiro atoms. The van der Waals surface area contributed by atoms with Crippen LogP contribution in [-0.4, -0.2) is 62.5 Å². The van der Waals surface area contributed by atoms with Gasteiger partial charge in [-0.05, 0) is 37.3 Å². The lowest BCUT2D eigenvalue weighted by atomic mass is 10.1. The molecule has 5 aromatic rings. The van der Waals surface area contributed by atoms with Crippen LogP contribution in [0.5, 0.6) is 0 Å². The average molecular weight is 548 g/mol. The highest BCUT2D eigenvalue weighted by atomic mass is 35.5. The maximum atomic E-state index is 13.2. The van der Waals surface area contributed by atoms with Crippen molar-refractivity contribution in [2.45, 2.75) is 13.5 Å². The largest absolute Gasteiger partial charge is 0.365 e. The van der Waals surface area contributed by atoms with Gasteiger partial charge in [0.05, 0.1) is 22.3 Å². The number of imidazole rings is 1. The maximum Gasteiger partial charge on any atom is 0.242 e. The van der Waals surface area contributed by atoms with Crippen LogP contribution in [0.2, 0.25) is 10.0 Å². The van der Waals surface area contributed by atoms with Crippen molar-refractivity contribution in [1.29, 1.82) is 0 Å². The van der Waals surface area contributed by atoms with Crippen LogP contribution in [0.3, 0.4) is 0 Å². The number of carbonyl (C=O) groups is 1. The van der Waals surface area contributed by atoms with Gasteiger partial charge < -0.3 is 19.7 Å². The van der Waals surface area contributed by atoms with E-state index in [2.05, 4.69) is 57.2 Å². The smallest absolute Gasteiger partial charge is 0.242 e. The molecule has 5 heterocycles. The Morgan fingerprint density at radius 2 is 1.79 bits per heavy atom. The van der Waals surface area contributed by atoms with Crippen molar-refractivity contribution in [1.82, 2.24) is 23.8 Å². The summed E-state index contributed by atoms with van der Waals surface area (Å²) in [6, 6.07) is 14.4. The SMILES string of the molecule is CCn1ccc2cc(-c3nc4ccccn4c3NCC(=O)N3CCN(c4c(Cl)cncc4Cl)CC3)ccc21. The Hall–Kier alpha value is -3.75. The molecule has 8 nitrogen and oxygen atoms in total. The summed E-state index contributed by atoms with van der Waals surface area (Å²) in [7, 11) is 0. The number of hydrogen-bond donors (Lipinski definition) is 1. The van der Waals surface area contributed by atoms with E-state index in [-0.39, 0.29) is 12.5 Å². The number of nitrogens with zero attached hydrogens (tertiary/aromatic N) is 6. The number of fused-ring (bicyclic) bond motifs is 2. The van der Waals surface area contributed by atoms with E-state index in [1.165, 1.54) is 5.52 Å². The van der Waals surface area contributed by atoms with Crippen LogP contribution >= 0.6 is 23.2 Å². The fourth-order valence-electron chi connectivity index (χ4n) is 5.15. The summed E-state index contributed by atoms with van der Waals surface area (Å²) in [5, 5.41) is 5.59. The molecule has 6 rings (SSSR count). The summed E-state index contributed by atoms with van der Waals surface area (Å²) in [6.07, 6.45) is 7.25. The van der Waals surface area contributed by atoms with Crippen LogP contribution in [0, 0.1) is 0 Å². The number of hydrogen-bond acceptors (Lipinski definition) is 5. The first kappa shape index (κ1) is 24.6. The molecule has 1 N–H and O–H groups in total. The number of nitrogens with one attached hydrogen (secondary N) is 1. The zero-order valence-electron chi connectivity index (χ0n) is 20.9. The Balaban J connectivity index is 1.20. The second kappa shape index (κ2) is 10.2. The van der Waals surface area contributed by atoms with Crippen molar-refractivity contribution >= 4 is 57.2 Å². The van der Waals surface area contributed by atoms with Crippen molar-refractivity contribution in [2.24, 2.45) is 0 Å². The van der Waals surface area contributed by atoms with Gasteiger partial charge in [-0.1, -0.05) is 35.3 Å². The molecule has 1 amide bonds. The summed E-state index contributed by atoms with van der Waals surface area (Å²) >= 11 is 12.7. The molecule has 0 atom stereocenters. The molecule has 1 aliphatic rings. The molecule has 1 aromatic carbocycles. The van der Waals surface area contributed by atoms with E-state index in [4.69, 9.17) is 28.2 Å². The molecule has 0 aliphatic carbocycles. The van der Waals surface area contributed by atoms with Crippen LogP contribution in [-0.2, 0) is 11.3 Å². The molecule has 1 saturated heterocycles. The lowest BCUT2D eigenvalue weighted by Crippen LogP contribution is -2.50. The number of anilines is 2. The van der Waals surface area contributed by atoms with Gasteiger partial charge in [-0.25, -0.2) is 4.98 Å². The minimum atomic E-state index is 0.0314. The van der Waals surface area contributed by atoms with Crippen molar-refractivity contribution in [3.63, 3.8) is 0 Å². The predicted molar refractivity (Wildman–Crippen MR) is 153 cm³/mol. The van der Waals surface area contributed by atoms with Gasteiger partial charge in [0.1, 0.15) is 17.2 Å². The van der Waals surface area contributed by atoms with Gasteiger partial charge in [0.25, 0.3) is 0 Å². The molecule has 1 aliphatic heterocycles. The molecule has 194 valence electrons. The van der Waals surface area contributed by atoms with E-state index in [1.54, 1.807) is 12.4 Å². The zero-order valence-corrected chi connectivity index (χ0v) is 22.5. The van der Waals surface area contributed by atoms with E-state index in [0.29, 0.717) is 36.2 Å². The van der Waals surface area contributed by atoms with Gasteiger partial charge in [-0.3, -0.25) is 14.2 Å². The Morgan fingerprint density at radius 3 is 2.55 bits per heavy atom. The molecule has 0 radical (unpaired) electrons. The molecular weight excluding hydrogens is 521 g/mol. The standard InChI is InChI=1S/C28H27Cl2N7O/c1-2-34-10-8-19-15-20(6-7-23(19)34)26-28(37-9-4-3-5-24(37)33-26)32-18-25(38)35-11-13-36(14-12-35)27-21(29)16-31-17-22(27)30/h3-10,15-17,32H,2,11-14,18H2,1H3. The number of carbonyl (C=O) groups excluding carboxylic acids is 1. The lowest BCUT2D eigenvalue weighted by Gasteiger charge is -2.36. The zero-order chi connectivity index (χ0) is 26.2. The van der Waals surface area contributed by atoms with Gasteiger partial charge in [0, 0.05) is 74.0 Å². The third-order valence-corrected chi connectivity index (χ3v) is 7.65. The normalized spacial score (nSPS) is 14.0. The number of halogens is 2. The number of aromatic nitrogens is 4. The monoisotopic (exact) mass is 547 g/mol. The van der Waals surface area contributed by atoms with Crippen LogP contribution in [0.4, 0.5) is 11.5 Å². The number of amides is 1. The van der Waals surface area contributed by atoms with Gasteiger partial charge in [-0.15, -0.1) is 0 Å². The predicted octanol–water partition coefficient (Wildman–Crippen LogP) is 5.44. The van der Waals surface area contributed by atoms with Gasteiger partial charge in [0.15, 0.2) is 0 Å². The summed E-state index contributed by atoms with van der Waals surface area (Å²) in [5.74, 6) is 0.834. The summed E-state index contributed by atoms with van der Waals surface area (Å²) in [5.41, 5.74) is 4.61. The van der Waals surface area contributed by atoms with Crippen molar-refractivity contribution in [3.05, 3.63) is 77.3 Å². The Kier molecular flexibility index (Phi) is 6.59. The highest BCUT2D eigenvalue weighted by molar-refractivity contribution is 6.38. The Bertz CT molecular complexity index is 1620. The van der Waals surface area contributed by atoms with Gasteiger partial charge >= 0.3 is 0 Å². The number of rotatable bonds is 6. The Labute approximate surface area is 230 Å². The number of pyridine rings is 2. The van der Waals surface area contributed by atoms with E-state index >= 15 is 0 Å². The van der Waals surface area contributed by atoms with Crippen LogP contribution in [0.25, 0.3) is 27.8 Å². The average Bonchev–Trinajstić information content (AvgIpc) is 3.52. The minimum absolute atomic E-state index is 0.0314. The van der Waals surface area contributed by atoms with E-state index in [0.717, 1.165) is 40.3 Å². The molecule has 38 heavy (non-hydrogen) atoms. The Morgan fingerprint density at radius 1 is 1.00 bits per heavy atom. The van der Waals surface area contributed by atoms with E-state index in [1.807, 2.05) is 33.7 Å². The summed E-state index contributed by atoms with van der Waals surface area (Å²) < 4.78 is 4.21. The fourth-order valence-corrected chi connectivity index (χ4v) is 5.75. The first-order valence-electron chi connectivity index (χ1n) is 12.7. The van der Waals surface area contributed by atoms with E-state index in [9.17, 15) is 4.79 Å². The molecule has 0 saturated carbocycles. The number of piperazine rings is 1. The van der Waals surface area contributed by atoms with E-state index < -0.39 is 0 Å². The first-order valence-corrected chi connectivity index (χ1v) is 13.4. The quantitative estimate of drug-likeness (QED) is 0.306. The topological polar surface area (TPSA) is 70.7 Å². The second-order valence-electron chi connectivity index (χ2n) is 9.29. The molecule has 0 bridgehead atoms. The molecular formula is C28H27Cl2N7O. The fraction of sp³-hybridized carbons (Fsp3) is 0.250. The maximum absolute atomic E-state index is 13.2. The lowest BCUT2D eigenvalue weighted by molar-refractivity contribution is -0.129. The van der Waals surface area contributed by atoms with Crippen molar-refractivity contribution in [3.8, 4) is 11.3 Å². The van der Waals surface area contributed by atoms with Crippen LogP contribution in [0.15, 0.2) is 67.3 Å². The van der Waals surface area contributed by atoms with Crippen LogP contribution < -0.4 is 10.2 Å². The molecule has 10 heteroatoms. The highest BCUT2D eigenvalue weighted by Crippen LogP contribution is 2.34. The molecule has 1 fully saturated rings. The number of aryl methyl sites for hydroxylation is 1. The van der Waals surface area contributed by atoms with Gasteiger partial charge in [0.2, 0.25) is 5.91 Å². The highest BCUT2D eigenvalue weighted by Gasteiger charge is 2.24.